The van der Waals surface area contributed by atoms with Crippen LogP contribution in [0.15, 0.2) is 29.1 Å². The maximum absolute atomic E-state index is 12.4. The predicted molar refractivity (Wildman–Crippen MR) is 65.1 cm³/mol. The molecule has 0 atom stereocenters. The molecule has 102 valence electrons. The van der Waals surface area contributed by atoms with Crippen molar-refractivity contribution in [1.82, 2.24) is 9.78 Å². The van der Waals surface area contributed by atoms with Gasteiger partial charge in [-0.05, 0) is 31.5 Å². The summed E-state index contributed by atoms with van der Waals surface area (Å²) in [6.45, 7) is 3.71. The highest BCUT2D eigenvalue weighted by molar-refractivity contribution is 5.25. The molecule has 0 saturated carbocycles. The van der Waals surface area contributed by atoms with Gasteiger partial charge in [0.15, 0.2) is 0 Å². The third-order valence-electron chi connectivity index (χ3n) is 3.05. The second kappa shape index (κ2) is 4.60. The molecule has 2 rings (SSSR count). The Morgan fingerprint density at radius 3 is 2.16 bits per heavy atom. The van der Waals surface area contributed by atoms with Gasteiger partial charge in [0, 0.05) is 11.3 Å². The van der Waals surface area contributed by atoms with Gasteiger partial charge in [0.2, 0.25) is 0 Å². The summed E-state index contributed by atoms with van der Waals surface area (Å²) < 4.78 is 38.6. The summed E-state index contributed by atoms with van der Waals surface area (Å²) in [6.07, 6.45) is -4.34. The van der Waals surface area contributed by atoms with E-state index in [9.17, 15) is 18.0 Å². The fraction of sp³-hybridized carbons (Fsp3) is 0.308. The number of alkyl halides is 3. The lowest BCUT2D eigenvalue weighted by atomic mass is 10.1. The average Bonchev–Trinajstić information content (AvgIpc) is 2.57. The number of nitrogens with one attached hydrogen (secondary N) is 1. The molecule has 0 aliphatic heterocycles. The zero-order valence-electron chi connectivity index (χ0n) is 10.5. The van der Waals surface area contributed by atoms with E-state index in [1.165, 1.54) is 16.8 Å². The number of nitrogens with zero attached hydrogens (tertiary/aromatic N) is 1. The van der Waals surface area contributed by atoms with Gasteiger partial charge in [-0.3, -0.25) is 9.89 Å². The number of hydrogen-bond donors (Lipinski definition) is 1. The van der Waals surface area contributed by atoms with Gasteiger partial charge in [-0.25, -0.2) is 4.68 Å². The van der Waals surface area contributed by atoms with E-state index >= 15 is 0 Å². The first-order valence-electron chi connectivity index (χ1n) is 5.71. The second-order valence-electron chi connectivity index (χ2n) is 4.45. The molecular weight excluding hydrogens is 257 g/mol. The lowest BCUT2D eigenvalue weighted by Gasteiger charge is -2.07. The van der Waals surface area contributed by atoms with Crippen molar-refractivity contribution in [2.24, 2.45) is 0 Å². The first-order valence-corrected chi connectivity index (χ1v) is 5.71. The van der Waals surface area contributed by atoms with Crippen molar-refractivity contribution in [2.75, 3.05) is 0 Å². The Balaban J connectivity index is 2.25. The quantitative estimate of drug-likeness (QED) is 0.895. The van der Waals surface area contributed by atoms with Gasteiger partial charge in [-0.2, -0.15) is 13.2 Å². The Kier molecular flexibility index (Phi) is 3.26. The first kappa shape index (κ1) is 13.5. The van der Waals surface area contributed by atoms with Crippen molar-refractivity contribution >= 4 is 0 Å². The molecular formula is C13H13F3N2O. The minimum atomic E-state index is -4.34. The van der Waals surface area contributed by atoms with Crippen LogP contribution < -0.4 is 5.56 Å². The summed E-state index contributed by atoms with van der Waals surface area (Å²) in [5.41, 5.74) is 1.17. The van der Waals surface area contributed by atoms with Crippen LogP contribution in [0, 0.1) is 13.8 Å². The maximum atomic E-state index is 12.4. The molecule has 0 aliphatic rings. The summed E-state index contributed by atoms with van der Waals surface area (Å²) in [6, 6.07) is 4.79. The van der Waals surface area contributed by atoms with Crippen LogP contribution >= 0.6 is 0 Å². The SMILES string of the molecule is Cc1[nH]n(Cc2ccc(C(F)(F)F)cc2)c(=O)c1C. The summed E-state index contributed by atoms with van der Waals surface area (Å²) in [7, 11) is 0. The van der Waals surface area contributed by atoms with Gasteiger partial charge < -0.3 is 0 Å². The molecule has 6 heteroatoms. The van der Waals surface area contributed by atoms with Crippen molar-refractivity contribution in [3.8, 4) is 0 Å². The van der Waals surface area contributed by atoms with E-state index < -0.39 is 11.7 Å². The largest absolute Gasteiger partial charge is 0.416 e. The van der Waals surface area contributed by atoms with Crippen LogP contribution in [0.25, 0.3) is 0 Å². The van der Waals surface area contributed by atoms with Crippen LogP contribution in [0.5, 0.6) is 0 Å². The summed E-state index contributed by atoms with van der Waals surface area (Å²) >= 11 is 0. The third-order valence-corrected chi connectivity index (χ3v) is 3.05. The van der Waals surface area contributed by atoms with Gasteiger partial charge in [0.25, 0.3) is 5.56 Å². The molecule has 3 nitrogen and oxygen atoms in total. The van der Waals surface area contributed by atoms with Crippen molar-refractivity contribution in [2.45, 2.75) is 26.6 Å². The Hall–Kier alpha value is -1.98. The van der Waals surface area contributed by atoms with Crippen LogP contribution in [0.1, 0.15) is 22.4 Å². The van der Waals surface area contributed by atoms with Gasteiger partial charge in [-0.1, -0.05) is 12.1 Å². The number of H-pyrrole nitrogens is 1. The topological polar surface area (TPSA) is 37.8 Å². The van der Waals surface area contributed by atoms with Crippen LogP contribution in [-0.4, -0.2) is 9.78 Å². The smallest absolute Gasteiger partial charge is 0.299 e. The number of halogens is 3. The van der Waals surface area contributed by atoms with Crippen molar-refractivity contribution in [3.05, 3.63) is 57.0 Å². The Labute approximate surface area is 107 Å². The van der Waals surface area contributed by atoms with Crippen LogP contribution in [0.3, 0.4) is 0 Å². The molecule has 0 unspecified atom stereocenters. The average molecular weight is 270 g/mol. The summed E-state index contributed by atoms with van der Waals surface area (Å²) in [4.78, 5) is 11.8. The van der Waals surface area contributed by atoms with E-state index in [4.69, 9.17) is 0 Å². The Morgan fingerprint density at radius 1 is 1.16 bits per heavy atom. The number of aryl methyl sites for hydroxylation is 1. The van der Waals surface area contributed by atoms with E-state index in [0.29, 0.717) is 11.1 Å². The number of rotatable bonds is 2. The molecule has 1 N–H and O–H groups in total. The minimum Gasteiger partial charge on any atom is -0.299 e. The first-order chi connectivity index (χ1) is 8.79. The second-order valence-corrected chi connectivity index (χ2v) is 4.45. The molecule has 0 radical (unpaired) electrons. The van der Waals surface area contributed by atoms with Gasteiger partial charge in [0.1, 0.15) is 0 Å². The standard InChI is InChI=1S/C13H13F3N2O/c1-8-9(2)17-18(12(8)19)7-10-3-5-11(6-4-10)13(14,15)16/h3-6,17H,7H2,1-2H3. The number of hydrogen-bond acceptors (Lipinski definition) is 1. The van der Waals surface area contributed by atoms with E-state index in [-0.39, 0.29) is 12.1 Å². The lowest BCUT2D eigenvalue weighted by Crippen LogP contribution is -2.18. The van der Waals surface area contributed by atoms with E-state index in [0.717, 1.165) is 17.8 Å². The van der Waals surface area contributed by atoms with Gasteiger partial charge >= 0.3 is 6.18 Å². The van der Waals surface area contributed by atoms with Crippen molar-refractivity contribution < 1.29 is 13.2 Å². The predicted octanol–water partition coefficient (Wildman–Crippen LogP) is 2.86. The molecule has 0 spiro atoms. The molecule has 19 heavy (non-hydrogen) atoms. The zero-order chi connectivity index (χ0) is 14.2. The number of aromatic amines is 1. The fourth-order valence-corrected chi connectivity index (χ4v) is 1.79. The molecule has 0 saturated heterocycles. The summed E-state index contributed by atoms with van der Waals surface area (Å²) in [5, 5.41) is 2.89. The molecule has 1 heterocycles. The highest BCUT2D eigenvalue weighted by Gasteiger charge is 2.29. The monoisotopic (exact) mass is 270 g/mol. The van der Waals surface area contributed by atoms with E-state index in [2.05, 4.69) is 5.10 Å². The number of aromatic nitrogens is 2. The van der Waals surface area contributed by atoms with Crippen LogP contribution in [-0.2, 0) is 12.7 Å². The van der Waals surface area contributed by atoms with Gasteiger partial charge in [0.05, 0.1) is 12.1 Å². The van der Waals surface area contributed by atoms with E-state index in [1.54, 1.807) is 13.8 Å². The Morgan fingerprint density at radius 2 is 1.74 bits per heavy atom. The molecule has 0 fully saturated rings. The van der Waals surface area contributed by atoms with Crippen LogP contribution in [0.2, 0.25) is 0 Å². The maximum Gasteiger partial charge on any atom is 0.416 e. The molecule has 1 aromatic heterocycles. The fourth-order valence-electron chi connectivity index (χ4n) is 1.79. The third kappa shape index (κ3) is 2.72. The molecule has 1 aromatic carbocycles. The minimum absolute atomic E-state index is 0.155. The van der Waals surface area contributed by atoms with Crippen LogP contribution in [0.4, 0.5) is 13.2 Å². The molecule has 0 aliphatic carbocycles. The molecule has 2 aromatic rings. The summed E-state index contributed by atoms with van der Waals surface area (Å²) in [5.74, 6) is 0. The zero-order valence-corrected chi connectivity index (χ0v) is 10.5. The molecule has 0 bridgehead atoms. The van der Waals surface area contributed by atoms with E-state index in [1.807, 2.05) is 0 Å². The van der Waals surface area contributed by atoms with Crippen molar-refractivity contribution in [3.63, 3.8) is 0 Å². The molecule has 0 amide bonds. The highest BCUT2D eigenvalue weighted by atomic mass is 19.4. The Bertz CT molecular complexity index is 635. The normalized spacial score (nSPS) is 11.8. The number of benzene rings is 1. The van der Waals surface area contributed by atoms with Gasteiger partial charge in [-0.15, -0.1) is 0 Å². The highest BCUT2D eigenvalue weighted by Crippen LogP contribution is 2.29. The van der Waals surface area contributed by atoms with Crippen molar-refractivity contribution in [1.29, 1.82) is 0 Å². The lowest BCUT2D eigenvalue weighted by molar-refractivity contribution is -0.137.